The zero-order chi connectivity index (χ0) is 19.0. The fourth-order valence-corrected chi connectivity index (χ4v) is 4.89. The van der Waals surface area contributed by atoms with Gasteiger partial charge in [-0.3, -0.25) is 19.8 Å². The first-order valence-electron chi connectivity index (χ1n) is 9.56. The number of amides is 4. The number of hydrogen-bond donors (Lipinski definition) is 1. The highest BCUT2D eigenvalue weighted by atomic mass is 16.5. The third-order valence-electron chi connectivity index (χ3n) is 6.22. The van der Waals surface area contributed by atoms with Crippen molar-refractivity contribution < 1.29 is 19.1 Å². The molecule has 0 aromatic heterocycles. The largest absolute Gasteiger partial charge is 0.381 e. The number of piperidine rings is 1. The molecule has 2 heterocycles. The summed E-state index contributed by atoms with van der Waals surface area (Å²) >= 11 is 0. The van der Waals surface area contributed by atoms with E-state index in [1.807, 2.05) is 4.90 Å². The van der Waals surface area contributed by atoms with Gasteiger partial charge in [-0.05, 0) is 49.9 Å². The summed E-state index contributed by atoms with van der Waals surface area (Å²) in [6, 6.07) is 6.48. The lowest BCUT2D eigenvalue weighted by molar-refractivity contribution is -0.117. The van der Waals surface area contributed by atoms with E-state index in [1.165, 1.54) is 4.90 Å². The number of nitrogens with one attached hydrogen (secondary N) is 1. The summed E-state index contributed by atoms with van der Waals surface area (Å²) in [6.45, 7) is 1.52. The van der Waals surface area contributed by atoms with Crippen molar-refractivity contribution in [3.63, 3.8) is 0 Å². The van der Waals surface area contributed by atoms with Crippen LogP contribution in [-0.2, 0) is 9.53 Å². The van der Waals surface area contributed by atoms with Crippen LogP contribution in [0.15, 0.2) is 24.3 Å². The third-order valence-corrected chi connectivity index (χ3v) is 6.22. The van der Waals surface area contributed by atoms with E-state index < -0.39 is 6.03 Å². The second kappa shape index (κ2) is 6.96. The highest BCUT2D eigenvalue weighted by Crippen LogP contribution is 2.46. The lowest BCUT2D eigenvalue weighted by Crippen LogP contribution is -2.49. The van der Waals surface area contributed by atoms with Crippen LogP contribution >= 0.6 is 0 Å². The molecule has 0 radical (unpaired) electrons. The predicted octanol–water partition coefficient (Wildman–Crippen LogP) is 2.16. The van der Waals surface area contributed by atoms with Gasteiger partial charge in [0.1, 0.15) is 6.54 Å². The monoisotopic (exact) mass is 371 g/mol. The number of carbonyl (C=O) groups excluding carboxylic acids is 3. The summed E-state index contributed by atoms with van der Waals surface area (Å²) in [7, 11) is 1.77. The molecule has 1 aromatic carbocycles. The Labute approximate surface area is 158 Å². The molecule has 2 aliphatic heterocycles. The number of methoxy groups -OCH3 is 1. The molecule has 1 N–H and O–H groups in total. The van der Waals surface area contributed by atoms with Gasteiger partial charge in [0.2, 0.25) is 5.91 Å². The van der Waals surface area contributed by atoms with Gasteiger partial charge in [-0.1, -0.05) is 6.42 Å². The Morgan fingerprint density at radius 3 is 2.59 bits per heavy atom. The molecule has 3 aliphatic rings. The highest BCUT2D eigenvalue weighted by molar-refractivity contribution is 6.12. The van der Waals surface area contributed by atoms with Crippen molar-refractivity contribution in [1.29, 1.82) is 0 Å². The standard InChI is InChI=1S/C20H25N3O4/c1-27-16-4-2-9-20(16)10-3-11-22(13-20)18(25)14-5-7-15(8-6-14)23-12-17(24)21-19(23)26/h5-8,16H,2-4,9-13H2,1H3,(H,21,24,26)/t16-,20-/m1/s1. The number of urea groups is 1. The molecule has 0 bridgehead atoms. The van der Waals surface area contributed by atoms with Gasteiger partial charge in [0.15, 0.2) is 0 Å². The minimum Gasteiger partial charge on any atom is -0.381 e. The summed E-state index contributed by atoms with van der Waals surface area (Å²) < 4.78 is 5.72. The van der Waals surface area contributed by atoms with Crippen LogP contribution < -0.4 is 10.2 Å². The van der Waals surface area contributed by atoms with Crippen LogP contribution in [0.4, 0.5) is 10.5 Å². The second-order valence-electron chi connectivity index (χ2n) is 7.80. The minimum absolute atomic E-state index is 0.0131. The number of carbonyl (C=O) groups is 3. The van der Waals surface area contributed by atoms with Gasteiger partial charge >= 0.3 is 6.03 Å². The smallest absolute Gasteiger partial charge is 0.329 e. The first-order valence-corrected chi connectivity index (χ1v) is 9.56. The second-order valence-corrected chi connectivity index (χ2v) is 7.80. The molecule has 0 unspecified atom stereocenters. The van der Waals surface area contributed by atoms with Crippen molar-refractivity contribution in [2.75, 3.05) is 31.6 Å². The summed E-state index contributed by atoms with van der Waals surface area (Å²) in [5, 5.41) is 2.25. The average molecular weight is 371 g/mol. The molecule has 1 aromatic rings. The summed E-state index contributed by atoms with van der Waals surface area (Å²) in [4.78, 5) is 39.4. The van der Waals surface area contributed by atoms with Gasteiger partial charge in [-0.2, -0.15) is 0 Å². The first kappa shape index (κ1) is 18.0. The van der Waals surface area contributed by atoms with E-state index in [0.29, 0.717) is 11.3 Å². The van der Waals surface area contributed by atoms with Gasteiger partial charge in [0.25, 0.3) is 5.91 Å². The summed E-state index contributed by atoms with van der Waals surface area (Å²) in [5.74, 6) is -0.299. The van der Waals surface area contributed by atoms with Crippen molar-refractivity contribution >= 4 is 23.5 Å². The Hall–Kier alpha value is -2.41. The fourth-order valence-electron chi connectivity index (χ4n) is 4.89. The Bertz CT molecular complexity index is 763. The maximum atomic E-state index is 13.0. The van der Waals surface area contributed by atoms with Crippen molar-refractivity contribution in [2.45, 2.75) is 38.2 Å². The van der Waals surface area contributed by atoms with Gasteiger partial charge in [-0.15, -0.1) is 0 Å². The maximum Gasteiger partial charge on any atom is 0.329 e. The van der Waals surface area contributed by atoms with Crippen molar-refractivity contribution in [3.8, 4) is 0 Å². The topological polar surface area (TPSA) is 79.0 Å². The van der Waals surface area contributed by atoms with Crippen LogP contribution in [0.1, 0.15) is 42.5 Å². The molecule has 2 atom stereocenters. The van der Waals surface area contributed by atoms with Gasteiger partial charge in [0, 0.05) is 36.9 Å². The lowest BCUT2D eigenvalue weighted by atomic mass is 9.76. The SMILES string of the molecule is CO[C@@H]1CCC[C@]12CCCN(C(=O)c1ccc(N3CC(=O)NC3=O)cc1)C2. The van der Waals surface area contributed by atoms with E-state index in [2.05, 4.69) is 5.32 Å². The van der Waals surface area contributed by atoms with Crippen molar-refractivity contribution in [2.24, 2.45) is 5.41 Å². The first-order chi connectivity index (χ1) is 13.0. The van der Waals surface area contributed by atoms with E-state index in [4.69, 9.17) is 4.74 Å². The van der Waals surface area contributed by atoms with Gasteiger partial charge < -0.3 is 9.64 Å². The molecular formula is C20H25N3O4. The fraction of sp³-hybridized carbons (Fsp3) is 0.550. The molecule has 4 rings (SSSR count). The van der Waals surface area contributed by atoms with Gasteiger partial charge in [-0.25, -0.2) is 4.79 Å². The summed E-state index contributed by atoms with van der Waals surface area (Å²) in [6.07, 6.45) is 5.70. The van der Waals surface area contributed by atoms with E-state index in [1.54, 1.807) is 31.4 Å². The Morgan fingerprint density at radius 2 is 1.93 bits per heavy atom. The quantitative estimate of drug-likeness (QED) is 0.826. The van der Waals surface area contributed by atoms with Gasteiger partial charge in [0.05, 0.1) is 6.10 Å². The van der Waals surface area contributed by atoms with Crippen molar-refractivity contribution in [1.82, 2.24) is 10.2 Å². The van der Waals surface area contributed by atoms with Crippen LogP contribution in [-0.4, -0.2) is 55.6 Å². The number of benzene rings is 1. The number of ether oxygens (including phenoxy) is 1. The van der Waals surface area contributed by atoms with E-state index in [9.17, 15) is 14.4 Å². The van der Waals surface area contributed by atoms with E-state index >= 15 is 0 Å². The van der Waals surface area contributed by atoms with Crippen LogP contribution in [0, 0.1) is 5.41 Å². The van der Waals surface area contributed by atoms with Crippen molar-refractivity contribution in [3.05, 3.63) is 29.8 Å². The van der Waals surface area contributed by atoms with E-state index in [0.717, 1.165) is 45.2 Å². The molecule has 7 heteroatoms. The number of imide groups is 1. The molecule has 1 spiro atoms. The Kier molecular flexibility index (Phi) is 4.63. The number of anilines is 1. The number of rotatable bonds is 3. The third kappa shape index (κ3) is 3.20. The number of hydrogen-bond acceptors (Lipinski definition) is 4. The zero-order valence-corrected chi connectivity index (χ0v) is 15.6. The predicted molar refractivity (Wildman–Crippen MR) is 99.5 cm³/mol. The molecule has 1 aliphatic carbocycles. The average Bonchev–Trinajstić information content (AvgIpc) is 3.23. The van der Waals surface area contributed by atoms with Crippen LogP contribution in [0.2, 0.25) is 0 Å². The van der Waals surface area contributed by atoms with E-state index in [-0.39, 0.29) is 29.9 Å². The lowest BCUT2D eigenvalue weighted by Gasteiger charge is -2.43. The Balaban J connectivity index is 1.48. The van der Waals surface area contributed by atoms with Crippen LogP contribution in [0.25, 0.3) is 0 Å². The molecule has 3 fully saturated rings. The van der Waals surface area contributed by atoms with Crippen LogP contribution in [0.5, 0.6) is 0 Å². The minimum atomic E-state index is -0.427. The molecular weight excluding hydrogens is 346 g/mol. The molecule has 2 saturated heterocycles. The van der Waals surface area contributed by atoms with Crippen LogP contribution in [0.3, 0.4) is 0 Å². The highest BCUT2D eigenvalue weighted by Gasteiger charge is 2.46. The molecule has 144 valence electrons. The maximum absolute atomic E-state index is 13.0. The molecule has 7 nitrogen and oxygen atoms in total. The number of nitrogens with zero attached hydrogens (tertiary/aromatic N) is 2. The molecule has 1 saturated carbocycles. The normalized spacial score (nSPS) is 28.1. The molecule has 4 amide bonds. The molecule has 27 heavy (non-hydrogen) atoms. The summed E-state index contributed by atoms with van der Waals surface area (Å²) in [5.41, 5.74) is 1.31. The zero-order valence-electron chi connectivity index (χ0n) is 15.6. The number of likely N-dealkylation sites (tertiary alicyclic amines) is 1. The Morgan fingerprint density at radius 1 is 1.19 bits per heavy atom.